The van der Waals surface area contributed by atoms with Gasteiger partial charge in [0.15, 0.2) is 0 Å². The molecule has 1 rings (SSSR count). The van der Waals surface area contributed by atoms with E-state index in [1.807, 2.05) is 26.0 Å². The Morgan fingerprint density at radius 2 is 2.00 bits per heavy atom. The van der Waals surface area contributed by atoms with Crippen molar-refractivity contribution in [2.24, 2.45) is 5.73 Å². The maximum absolute atomic E-state index is 5.73. The minimum Gasteiger partial charge on any atom is -0.493 e. The van der Waals surface area contributed by atoms with Gasteiger partial charge < -0.3 is 10.5 Å². The molecule has 2 nitrogen and oxygen atoms in total. The lowest BCUT2D eigenvalue weighted by Gasteiger charge is -2.08. The minimum atomic E-state index is 0.265. The van der Waals surface area contributed by atoms with Gasteiger partial charge in [-0.1, -0.05) is 17.7 Å². The van der Waals surface area contributed by atoms with Gasteiger partial charge in [-0.05, 0) is 44.4 Å². The molecule has 94 valence electrons. The van der Waals surface area contributed by atoms with E-state index in [0.29, 0.717) is 6.61 Å². The van der Waals surface area contributed by atoms with E-state index in [0.717, 1.165) is 30.6 Å². The van der Waals surface area contributed by atoms with Crippen LogP contribution in [0.25, 0.3) is 0 Å². The first-order valence-electron chi connectivity index (χ1n) is 6.19. The van der Waals surface area contributed by atoms with Gasteiger partial charge in [0.1, 0.15) is 5.75 Å². The minimum absolute atomic E-state index is 0.265. The van der Waals surface area contributed by atoms with Crippen LogP contribution in [0.4, 0.5) is 0 Å². The zero-order chi connectivity index (χ0) is 12.7. The van der Waals surface area contributed by atoms with Crippen molar-refractivity contribution in [3.8, 4) is 5.75 Å². The lowest BCUT2D eigenvalue weighted by Crippen LogP contribution is -2.15. The van der Waals surface area contributed by atoms with Gasteiger partial charge >= 0.3 is 0 Å². The molecule has 17 heavy (non-hydrogen) atoms. The van der Waals surface area contributed by atoms with E-state index >= 15 is 0 Å². The maximum Gasteiger partial charge on any atom is 0.119 e. The van der Waals surface area contributed by atoms with Crippen molar-refractivity contribution in [3.63, 3.8) is 0 Å². The molecular weight excluding hydrogens is 210 g/mol. The number of rotatable bonds is 7. The van der Waals surface area contributed by atoms with Crippen molar-refractivity contribution in [3.05, 3.63) is 42.0 Å². The molecule has 0 aliphatic rings. The molecule has 0 aromatic heterocycles. The van der Waals surface area contributed by atoms with E-state index in [2.05, 4.69) is 18.7 Å². The van der Waals surface area contributed by atoms with Crippen LogP contribution in [0.1, 0.15) is 32.3 Å². The molecular formula is C15H23NO. The number of aryl methyl sites for hydroxylation is 1. The van der Waals surface area contributed by atoms with Crippen LogP contribution in [0, 0.1) is 0 Å². The highest BCUT2D eigenvalue weighted by molar-refractivity contribution is 5.27. The second kappa shape index (κ2) is 7.13. The van der Waals surface area contributed by atoms with Crippen LogP contribution < -0.4 is 10.5 Å². The molecule has 1 atom stereocenters. The van der Waals surface area contributed by atoms with Gasteiger partial charge in [-0.15, -0.1) is 6.58 Å². The molecule has 0 spiro atoms. The van der Waals surface area contributed by atoms with Crippen LogP contribution in [0.3, 0.4) is 0 Å². The summed E-state index contributed by atoms with van der Waals surface area (Å²) in [5.74, 6) is 0.927. The average molecular weight is 233 g/mol. The summed E-state index contributed by atoms with van der Waals surface area (Å²) in [4.78, 5) is 0. The Morgan fingerprint density at radius 1 is 1.35 bits per heavy atom. The van der Waals surface area contributed by atoms with Crippen LogP contribution in [0.2, 0.25) is 0 Å². The smallest absolute Gasteiger partial charge is 0.119 e. The van der Waals surface area contributed by atoms with E-state index in [9.17, 15) is 0 Å². The van der Waals surface area contributed by atoms with Gasteiger partial charge in [-0.2, -0.15) is 0 Å². The first-order chi connectivity index (χ1) is 8.08. The van der Waals surface area contributed by atoms with E-state index in [1.54, 1.807) is 0 Å². The number of benzene rings is 1. The topological polar surface area (TPSA) is 35.2 Å². The summed E-state index contributed by atoms with van der Waals surface area (Å²) in [6.45, 7) is 8.60. The van der Waals surface area contributed by atoms with Gasteiger partial charge in [0.2, 0.25) is 0 Å². The molecule has 1 unspecified atom stereocenters. The zero-order valence-corrected chi connectivity index (χ0v) is 10.9. The number of ether oxygens (including phenoxy) is 1. The summed E-state index contributed by atoms with van der Waals surface area (Å²) in [5, 5.41) is 0. The molecule has 0 saturated carbocycles. The summed E-state index contributed by atoms with van der Waals surface area (Å²) in [6, 6.07) is 8.53. The Balaban J connectivity index is 2.36. The third kappa shape index (κ3) is 6.12. The van der Waals surface area contributed by atoms with E-state index < -0.39 is 0 Å². The van der Waals surface area contributed by atoms with Crippen LogP contribution in [-0.2, 0) is 6.42 Å². The van der Waals surface area contributed by atoms with Crippen molar-refractivity contribution in [2.75, 3.05) is 6.61 Å². The SMILES string of the molecule is C=C(C)CCOc1ccc(CCC(C)N)cc1. The predicted octanol–water partition coefficient (Wildman–Crippen LogP) is 3.31. The van der Waals surface area contributed by atoms with Crippen molar-refractivity contribution < 1.29 is 4.74 Å². The Hall–Kier alpha value is -1.28. The van der Waals surface area contributed by atoms with Crippen molar-refractivity contribution in [2.45, 2.75) is 39.2 Å². The third-order valence-corrected chi connectivity index (χ3v) is 2.61. The van der Waals surface area contributed by atoms with Crippen LogP contribution in [-0.4, -0.2) is 12.6 Å². The summed E-state index contributed by atoms with van der Waals surface area (Å²) >= 11 is 0. The van der Waals surface area contributed by atoms with Gasteiger partial charge in [-0.3, -0.25) is 0 Å². The molecule has 2 N–H and O–H groups in total. The second-order valence-corrected chi connectivity index (χ2v) is 4.72. The van der Waals surface area contributed by atoms with Crippen LogP contribution in [0.5, 0.6) is 5.75 Å². The van der Waals surface area contributed by atoms with Crippen molar-refractivity contribution in [1.82, 2.24) is 0 Å². The van der Waals surface area contributed by atoms with Crippen molar-refractivity contribution in [1.29, 1.82) is 0 Å². The first kappa shape index (κ1) is 13.8. The molecule has 0 saturated heterocycles. The highest BCUT2D eigenvalue weighted by Gasteiger charge is 1.98. The fourth-order valence-corrected chi connectivity index (χ4v) is 1.49. The summed E-state index contributed by atoms with van der Waals surface area (Å²) in [7, 11) is 0. The van der Waals surface area contributed by atoms with Crippen LogP contribution in [0.15, 0.2) is 36.4 Å². The number of hydrogen-bond donors (Lipinski definition) is 1. The number of nitrogens with two attached hydrogens (primary N) is 1. The second-order valence-electron chi connectivity index (χ2n) is 4.72. The standard InChI is InChI=1S/C15H23NO/c1-12(2)10-11-17-15-8-6-14(7-9-15)5-4-13(3)16/h6-9,13H,1,4-5,10-11,16H2,2-3H3. The fourth-order valence-electron chi connectivity index (χ4n) is 1.49. The molecule has 0 aliphatic heterocycles. The van der Waals surface area contributed by atoms with Crippen LogP contribution >= 0.6 is 0 Å². The molecule has 0 bridgehead atoms. The van der Waals surface area contributed by atoms with Gasteiger partial charge in [-0.25, -0.2) is 0 Å². The third-order valence-electron chi connectivity index (χ3n) is 2.61. The molecule has 1 aromatic rings. The lowest BCUT2D eigenvalue weighted by atomic mass is 10.1. The van der Waals surface area contributed by atoms with Gasteiger partial charge in [0.05, 0.1) is 6.61 Å². The number of hydrogen-bond acceptors (Lipinski definition) is 2. The summed E-state index contributed by atoms with van der Waals surface area (Å²) < 4.78 is 5.61. The maximum atomic E-state index is 5.73. The quantitative estimate of drug-likeness (QED) is 0.733. The molecule has 1 aromatic carbocycles. The predicted molar refractivity (Wildman–Crippen MR) is 73.3 cm³/mol. The zero-order valence-electron chi connectivity index (χ0n) is 10.9. The monoisotopic (exact) mass is 233 g/mol. The Morgan fingerprint density at radius 3 is 2.53 bits per heavy atom. The summed E-state index contributed by atoms with van der Waals surface area (Å²) in [5.41, 5.74) is 8.20. The van der Waals surface area contributed by atoms with E-state index in [1.165, 1.54) is 5.56 Å². The first-order valence-corrected chi connectivity index (χ1v) is 6.19. The van der Waals surface area contributed by atoms with Crippen molar-refractivity contribution >= 4 is 0 Å². The Bertz CT molecular complexity index is 340. The Labute approximate surface area is 104 Å². The average Bonchev–Trinajstić information content (AvgIpc) is 2.27. The van der Waals surface area contributed by atoms with E-state index in [4.69, 9.17) is 10.5 Å². The normalized spacial score (nSPS) is 12.2. The van der Waals surface area contributed by atoms with Gasteiger partial charge in [0.25, 0.3) is 0 Å². The van der Waals surface area contributed by atoms with Gasteiger partial charge in [0, 0.05) is 12.5 Å². The highest BCUT2D eigenvalue weighted by atomic mass is 16.5. The Kier molecular flexibility index (Phi) is 5.78. The lowest BCUT2D eigenvalue weighted by molar-refractivity contribution is 0.321. The molecule has 2 heteroatoms. The summed E-state index contributed by atoms with van der Waals surface area (Å²) in [6.07, 6.45) is 2.96. The molecule has 0 fully saturated rings. The molecule has 0 amide bonds. The highest BCUT2D eigenvalue weighted by Crippen LogP contribution is 2.14. The molecule has 0 aliphatic carbocycles. The molecule has 0 heterocycles. The van der Waals surface area contributed by atoms with E-state index in [-0.39, 0.29) is 6.04 Å². The largest absolute Gasteiger partial charge is 0.493 e. The fraction of sp³-hybridized carbons (Fsp3) is 0.467. The molecule has 0 radical (unpaired) electrons.